The van der Waals surface area contributed by atoms with Crippen LogP contribution in [0.4, 0.5) is 0 Å². The zero-order valence-corrected chi connectivity index (χ0v) is 15.9. The van der Waals surface area contributed by atoms with E-state index in [2.05, 4.69) is 27.4 Å². The fraction of sp³-hybridized carbons (Fsp3) is 0.909. The summed E-state index contributed by atoms with van der Waals surface area (Å²) in [7, 11) is 0. The molecule has 0 radical (unpaired) electrons. The summed E-state index contributed by atoms with van der Waals surface area (Å²) in [6, 6.07) is 0. The van der Waals surface area contributed by atoms with Gasteiger partial charge >= 0.3 is 0 Å². The largest absolute Gasteiger partial charge is 0.0999 e. The van der Waals surface area contributed by atoms with Crippen molar-refractivity contribution in [1.82, 2.24) is 0 Å². The zero-order valence-electron chi connectivity index (χ0n) is 15.9. The normalized spacial score (nSPS) is 16.3. The van der Waals surface area contributed by atoms with Crippen molar-refractivity contribution >= 4 is 0 Å². The van der Waals surface area contributed by atoms with Gasteiger partial charge in [0.2, 0.25) is 0 Å². The first-order valence-electron chi connectivity index (χ1n) is 10.3. The van der Waals surface area contributed by atoms with Gasteiger partial charge in [-0.2, -0.15) is 0 Å². The van der Waals surface area contributed by atoms with E-state index in [0.29, 0.717) is 5.41 Å². The molecule has 0 unspecified atom stereocenters. The Morgan fingerprint density at radius 1 is 0.909 bits per heavy atom. The molecule has 1 saturated carbocycles. The van der Waals surface area contributed by atoms with Crippen molar-refractivity contribution in [3.05, 3.63) is 12.2 Å². The second-order valence-corrected chi connectivity index (χ2v) is 7.98. The molecule has 1 rings (SSSR count). The van der Waals surface area contributed by atoms with E-state index in [9.17, 15) is 0 Å². The summed E-state index contributed by atoms with van der Waals surface area (Å²) in [6.07, 6.45) is 21.2. The summed E-state index contributed by atoms with van der Waals surface area (Å²) in [6.45, 7) is 11.3. The van der Waals surface area contributed by atoms with Crippen LogP contribution in [-0.2, 0) is 0 Å². The highest BCUT2D eigenvalue weighted by Gasteiger charge is 2.30. The monoisotopic (exact) mass is 306 g/mol. The Labute approximate surface area is 141 Å². The van der Waals surface area contributed by atoms with Crippen LogP contribution in [0.25, 0.3) is 0 Å². The molecule has 1 aliphatic rings. The van der Waals surface area contributed by atoms with Crippen LogP contribution in [0.3, 0.4) is 0 Å². The van der Waals surface area contributed by atoms with Gasteiger partial charge in [0, 0.05) is 0 Å². The smallest absolute Gasteiger partial charge is 0.0300 e. The van der Waals surface area contributed by atoms with Gasteiger partial charge in [0.05, 0.1) is 0 Å². The van der Waals surface area contributed by atoms with Gasteiger partial charge in [0.25, 0.3) is 0 Å². The Bertz CT molecular complexity index is 278. The van der Waals surface area contributed by atoms with Gasteiger partial charge in [-0.3, -0.25) is 0 Å². The van der Waals surface area contributed by atoms with Crippen LogP contribution in [0, 0.1) is 11.3 Å². The molecule has 0 amide bonds. The minimum atomic E-state index is 0.667. The number of allylic oxidation sites excluding steroid dienone is 1. The first kappa shape index (κ1) is 19.8. The van der Waals surface area contributed by atoms with Crippen LogP contribution in [0.2, 0.25) is 0 Å². The maximum absolute atomic E-state index is 4.19. The van der Waals surface area contributed by atoms with Crippen LogP contribution in [0.15, 0.2) is 12.2 Å². The first-order valence-corrected chi connectivity index (χ1v) is 10.3. The lowest BCUT2D eigenvalue weighted by Crippen LogP contribution is -2.22. The molecule has 0 heterocycles. The minimum absolute atomic E-state index is 0.667. The molecule has 0 aromatic rings. The van der Waals surface area contributed by atoms with Crippen LogP contribution in [0.1, 0.15) is 117 Å². The van der Waals surface area contributed by atoms with E-state index in [1.807, 2.05) is 0 Å². The molecule has 0 nitrogen and oxygen atoms in total. The topological polar surface area (TPSA) is 0 Å². The number of unbranched alkanes of at least 4 members (excludes halogenated alkanes) is 3. The van der Waals surface area contributed by atoms with Crippen molar-refractivity contribution in [3.8, 4) is 0 Å². The molecule has 1 aliphatic carbocycles. The highest BCUT2D eigenvalue weighted by atomic mass is 14.4. The van der Waals surface area contributed by atoms with Gasteiger partial charge in [-0.25, -0.2) is 0 Å². The Morgan fingerprint density at radius 2 is 1.55 bits per heavy atom. The second-order valence-electron chi connectivity index (χ2n) is 7.98. The molecule has 22 heavy (non-hydrogen) atoms. The average molecular weight is 307 g/mol. The SMILES string of the molecule is C=C(CCC)CCCCCCC(CC)(CC)CC1CCCC1. The molecule has 0 heteroatoms. The maximum Gasteiger partial charge on any atom is -0.0300 e. The fourth-order valence-corrected chi connectivity index (χ4v) is 4.53. The summed E-state index contributed by atoms with van der Waals surface area (Å²) in [5.41, 5.74) is 2.14. The van der Waals surface area contributed by atoms with E-state index in [1.54, 1.807) is 0 Å². The lowest BCUT2D eigenvalue weighted by molar-refractivity contribution is 0.172. The van der Waals surface area contributed by atoms with Crippen LogP contribution in [-0.4, -0.2) is 0 Å². The molecular formula is C22H42. The van der Waals surface area contributed by atoms with Crippen molar-refractivity contribution in [2.24, 2.45) is 11.3 Å². The summed E-state index contributed by atoms with van der Waals surface area (Å²) in [4.78, 5) is 0. The standard InChI is InChI=1S/C22H42/c1-5-14-20(4)15-10-8-9-13-18-22(6-2,7-3)19-21-16-11-12-17-21/h21H,4-19H2,1-3H3. The van der Waals surface area contributed by atoms with E-state index in [4.69, 9.17) is 0 Å². The van der Waals surface area contributed by atoms with Crippen LogP contribution < -0.4 is 0 Å². The highest BCUT2D eigenvalue weighted by molar-refractivity contribution is 4.92. The Morgan fingerprint density at radius 3 is 2.14 bits per heavy atom. The van der Waals surface area contributed by atoms with Gasteiger partial charge in [0.1, 0.15) is 0 Å². The molecule has 0 N–H and O–H groups in total. The van der Waals surface area contributed by atoms with Gasteiger partial charge < -0.3 is 0 Å². The van der Waals surface area contributed by atoms with Crippen molar-refractivity contribution in [2.75, 3.05) is 0 Å². The van der Waals surface area contributed by atoms with Gasteiger partial charge in [-0.15, -0.1) is 0 Å². The molecular weight excluding hydrogens is 264 g/mol. The van der Waals surface area contributed by atoms with E-state index in [0.717, 1.165) is 5.92 Å². The maximum atomic E-state index is 4.19. The second kappa shape index (κ2) is 11.3. The number of rotatable bonds is 13. The summed E-state index contributed by atoms with van der Waals surface area (Å²) >= 11 is 0. The van der Waals surface area contributed by atoms with Crippen molar-refractivity contribution in [2.45, 2.75) is 117 Å². The molecule has 0 spiro atoms. The molecule has 0 aromatic heterocycles. The molecule has 0 aromatic carbocycles. The minimum Gasteiger partial charge on any atom is -0.0999 e. The van der Waals surface area contributed by atoms with Crippen LogP contribution >= 0.6 is 0 Å². The lowest BCUT2D eigenvalue weighted by atomic mass is 9.71. The Kier molecular flexibility index (Phi) is 10.2. The third kappa shape index (κ3) is 7.34. The van der Waals surface area contributed by atoms with E-state index >= 15 is 0 Å². The number of hydrogen-bond donors (Lipinski definition) is 0. The molecule has 0 atom stereocenters. The van der Waals surface area contributed by atoms with Gasteiger partial charge in [-0.1, -0.05) is 97.1 Å². The van der Waals surface area contributed by atoms with Crippen molar-refractivity contribution in [1.29, 1.82) is 0 Å². The Balaban J connectivity index is 2.19. The predicted molar refractivity (Wildman–Crippen MR) is 101 cm³/mol. The zero-order chi connectivity index (χ0) is 16.3. The van der Waals surface area contributed by atoms with E-state index < -0.39 is 0 Å². The fourth-order valence-electron chi connectivity index (χ4n) is 4.53. The third-order valence-corrected chi connectivity index (χ3v) is 6.29. The van der Waals surface area contributed by atoms with Gasteiger partial charge in [-0.05, 0) is 43.4 Å². The predicted octanol–water partition coefficient (Wildman–Crippen LogP) is 8.07. The molecule has 130 valence electrons. The average Bonchev–Trinajstić information content (AvgIpc) is 3.02. The van der Waals surface area contributed by atoms with E-state index in [-0.39, 0.29) is 0 Å². The molecule has 0 saturated heterocycles. The van der Waals surface area contributed by atoms with Crippen molar-refractivity contribution in [3.63, 3.8) is 0 Å². The van der Waals surface area contributed by atoms with E-state index in [1.165, 1.54) is 102 Å². The molecule has 0 bridgehead atoms. The quantitative estimate of drug-likeness (QED) is 0.238. The molecule has 0 aliphatic heterocycles. The van der Waals surface area contributed by atoms with Crippen molar-refractivity contribution < 1.29 is 0 Å². The lowest BCUT2D eigenvalue weighted by Gasteiger charge is -2.34. The summed E-state index contributed by atoms with van der Waals surface area (Å²) < 4.78 is 0. The number of hydrogen-bond acceptors (Lipinski definition) is 0. The summed E-state index contributed by atoms with van der Waals surface area (Å²) in [5.74, 6) is 1.05. The third-order valence-electron chi connectivity index (χ3n) is 6.29. The Hall–Kier alpha value is -0.260. The first-order chi connectivity index (χ1) is 10.7. The highest BCUT2D eigenvalue weighted by Crippen LogP contribution is 2.43. The van der Waals surface area contributed by atoms with Gasteiger partial charge in [0.15, 0.2) is 0 Å². The molecule has 1 fully saturated rings. The van der Waals surface area contributed by atoms with Crippen LogP contribution in [0.5, 0.6) is 0 Å². The summed E-state index contributed by atoms with van der Waals surface area (Å²) in [5, 5.41) is 0.